The molecular weight excluding hydrogens is 1390 g/mol. The number of carboxylic acids is 3. The van der Waals surface area contributed by atoms with Gasteiger partial charge >= 0.3 is 50.9 Å². The largest absolute Gasteiger partial charge is 2.00 e. The number of likely N-dealkylation sites (tertiary alicyclic amines) is 2. The summed E-state index contributed by atoms with van der Waals surface area (Å²) in [6.45, 7) is 15.2. The average Bonchev–Trinajstić information content (AvgIpc) is 1.19. The molecule has 2 unspecified atom stereocenters. The van der Waals surface area contributed by atoms with Gasteiger partial charge in [-0.05, 0) is 142 Å². The van der Waals surface area contributed by atoms with Crippen LogP contribution in [0.5, 0.6) is 0 Å². The van der Waals surface area contributed by atoms with Crippen molar-refractivity contribution in [1.29, 1.82) is 0 Å². The van der Waals surface area contributed by atoms with Crippen LogP contribution < -0.4 is 0 Å². The van der Waals surface area contributed by atoms with E-state index >= 15 is 0 Å². The van der Waals surface area contributed by atoms with Gasteiger partial charge in [-0.15, -0.1) is 46.9 Å². The van der Waals surface area contributed by atoms with Gasteiger partial charge in [0.15, 0.2) is 5.54 Å². The molecule has 3 N–H and O–H groups in total. The van der Waals surface area contributed by atoms with Crippen molar-refractivity contribution in [2.24, 2.45) is 15.4 Å². The van der Waals surface area contributed by atoms with E-state index in [1.165, 1.54) is 28.9 Å². The summed E-state index contributed by atoms with van der Waals surface area (Å²) in [5.74, 6) is 14.3. The van der Waals surface area contributed by atoms with Crippen LogP contribution in [0.25, 0.3) is 10.6 Å². The fourth-order valence-electron chi connectivity index (χ4n) is 10.4. The van der Waals surface area contributed by atoms with Crippen LogP contribution in [0, 0.1) is 40.9 Å². The van der Waals surface area contributed by atoms with Gasteiger partial charge in [-0.2, -0.15) is 0 Å². The van der Waals surface area contributed by atoms with Crippen molar-refractivity contribution in [3.05, 3.63) is 214 Å². The van der Waals surface area contributed by atoms with Gasteiger partial charge in [0.2, 0.25) is 0 Å². The van der Waals surface area contributed by atoms with E-state index in [2.05, 4.69) is 108 Å². The molecule has 504 valence electrons. The van der Waals surface area contributed by atoms with E-state index in [0.29, 0.717) is 72.7 Å². The minimum atomic E-state index is -1.37. The zero-order chi connectivity index (χ0) is 67.4. The number of nitrogens with zero attached hydrogens (tertiary/aromatic N) is 6. The van der Waals surface area contributed by atoms with Crippen molar-refractivity contribution in [2.45, 2.75) is 162 Å². The first-order valence-electron chi connectivity index (χ1n) is 31.8. The maximum Gasteiger partial charge on any atom is 2.00 e. The molecule has 2 heterocycles. The number of carbonyl (C=O) groups excluding carboxylic acids is 2. The zero-order valence-electron chi connectivity index (χ0n) is 55.5. The molecule has 0 radical (unpaired) electrons. The maximum atomic E-state index is 13.6. The van der Waals surface area contributed by atoms with Crippen molar-refractivity contribution in [1.82, 2.24) is 9.80 Å². The van der Waals surface area contributed by atoms with Gasteiger partial charge in [-0.25, -0.2) is 9.59 Å². The number of carbonyl (C=O) groups is 5. The van der Waals surface area contributed by atoms with Crippen LogP contribution in [-0.2, 0) is 70.0 Å². The van der Waals surface area contributed by atoms with Crippen LogP contribution in [0.3, 0.4) is 0 Å². The molecule has 2 saturated heterocycles. The number of hydrogen-bond donors (Lipinski definition) is 3. The molecule has 2 aliphatic heterocycles. The fraction of sp³-hybridized carbons (Fsp3) is 0.372. The Balaban J connectivity index is 0.000000385. The summed E-state index contributed by atoms with van der Waals surface area (Å²) in [7, 11) is 0. The molecule has 17 heteroatoms. The summed E-state index contributed by atoms with van der Waals surface area (Å²) < 4.78 is 1.23. The number of halogens is 1. The van der Waals surface area contributed by atoms with Crippen LogP contribution in [0.1, 0.15) is 159 Å². The standard InChI is InChI=1S/C34H37N3O3.C28H29N3O3.C10H16O2.C6H9I.2Ni/c1-3-4-5-14-23-34(2,33(39)40)36-31(27-18-10-7-11-19-27)28-20-12-13-21-29(28)35-32(38)30-22-15-24-37(30)25-26-16-8-6-9-17-26;1-20(28(33)34)29-26(22-13-6-3-7-14-22)23-15-8-9-16-24(23)30-27(32)25-17-10-18-31(25)19-21-11-4-2-5-12-21;1-4-5-6-7-8-10(2,3)9(11)12;1-2-3-4-5-6-7;;/h6-13,16-21,30H,5,14-15,22-25H2,1-2H3,(H2,35,36,38,39,40);2-9,11-16,20,25H,10,17-19H2,1H3,(H2,29,30,32,33,34);6-8H2,1-3H3,(H,11,12);4-6H2,1H3;;/q;;;;2*+2/p-2/t30?,34-;20-,25?;;;;/m11..../s1. The van der Waals surface area contributed by atoms with E-state index in [4.69, 9.17) is 10.1 Å². The Kier molecular flexibility index (Phi) is 37.9. The topological polar surface area (TPSA) is 205 Å². The van der Waals surface area contributed by atoms with Crippen LogP contribution in [0.2, 0.25) is 0 Å². The number of unbranched alkanes of at least 4 members (excludes halogenated alkanes) is 3. The minimum absolute atomic E-state index is 0. The van der Waals surface area contributed by atoms with E-state index in [1.807, 2.05) is 140 Å². The molecule has 4 atom stereocenters. The number of rotatable bonds is 25. The number of amides is 2. The maximum absolute atomic E-state index is 13.6. The zero-order valence-corrected chi connectivity index (χ0v) is 59.6. The van der Waals surface area contributed by atoms with Crippen LogP contribution in [-0.4, -0.2) is 107 Å². The molecule has 2 aliphatic rings. The van der Waals surface area contributed by atoms with Crippen molar-refractivity contribution >= 4 is 75.1 Å². The third-order valence-electron chi connectivity index (χ3n) is 15.7. The number of aliphatic imine (C=N–C) groups is 2. The van der Waals surface area contributed by atoms with E-state index in [0.717, 1.165) is 69.2 Å². The van der Waals surface area contributed by atoms with Crippen molar-refractivity contribution in [3.63, 3.8) is 0 Å². The van der Waals surface area contributed by atoms with E-state index < -0.39 is 34.9 Å². The van der Waals surface area contributed by atoms with Crippen LogP contribution in [0.15, 0.2) is 180 Å². The molecule has 0 bridgehead atoms. The van der Waals surface area contributed by atoms with Gasteiger partial charge in [0.1, 0.15) is 6.04 Å². The van der Waals surface area contributed by atoms with Crippen LogP contribution >= 0.6 is 22.6 Å². The Morgan fingerprint density at radius 1 is 0.537 bits per heavy atom. The Hall–Kier alpha value is -7.67. The first-order chi connectivity index (χ1) is 44.9. The van der Waals surface area contributed by atoms with Crippen molar-refractivity contribution in [2.75, 3.05) is 17.5 Å². The molecule has 2 fully saturated rings. The number of benzene rings is 6. The quantitative estimate of drug-likeness (QED) is 0.0123. The molecule has 14 nitrogen and oxygen atoms in total. The second-order valence-corrected chi connectivity index (χ2v) is 24.5. The second-order valence-electron chi connectivity index (χ2n) is 23.4. The molecule has 6 aromatic carbocycles. The third-order valence-corrected chi connectivity index (χ3v) is 16.5. The molecule has 0 aromatic heterocycles. The van der Waals surface area contributed by atoms with Gasteiger partial charge < -0.3 is 35.5 Å². The monoisotopic (exact) mass is 1480 g/mol. The number of para-hydroxylation sites is 2. The summed E-state index contributed by atoms with van der Waals surface area (Å²) in [5, 5.41) is 37.6. The second kappa shape index (κ2) is 44.1. The molecule has 0 saturated carbocycles. The Morgan fingerprint density at radius 2 is 0.916 bits per heavy atom. The Morgan fingerprint density at radius 3 is 1.32 bits per heavy atom. The van der Waals surface area contributed by atoms with Gasteiger partial charge in [0, 0.05) is 47.9 Å². The summed E-state index contributed by atoms with van der Waals surface area (Å²) in [6, 6.07) is 52.3. The van der Waals surface area contributed by atoms with Crippen molar-refractivity contribution in [3.8, 4) is 35.5 Å². The van der Waals surface area contributed by atoms with E-state index in [-0.39, 0.29) is 56.9 Å². The molecule has 0 aliphatic carbocycles. The van der Waals surface area contributed by atoms with Gasteiger partial charge in [0.05, 0.1) is 40.7 Å². The molecule has 2 amide bonds. The smallest absolute Gasteiger partial charge is 0.625 e. The number of hydrogen-bond acceptors (Lipinski definition) is 9. The Labute approximate surface area is 597 Å². The summed E-state index contributed by atoms with van der Waals surface area (Å²) in [6.07, 6.45) is 9.63. The Bertz CT molecular complexity index is 3620. The molecule has 95 heavy (non-hydrogen) atoms. The van der Waals surface area contributed by atoms with Crippen LogP contribution in [0.4, 0.5) is 11.4 Å². The predicted octanol–water partition coefficient (Wildman–Crippen LogP) is 16.5. The first kappa shape index (κ1) is 81.6. The number of aliphatic carboxylic acids is 3. The summed E-state index contributed by atoms with van der Waals surface area (Å²) >= 11 is 2.36. The molecule has 0 spiro atoms. The minimum Gasteiger partial charge on any atom is -0.625 e. The van der Waals surface area contributed by atoms with Crippen molar-refractivity contribution < 1.29 is 72.3 Å². The predicted molar refractivity (Wildman–Crippen MR) is 384 cm³/mol. The van der Waals surface area contributed by atoms with Gasteiger partial charge in [-0.1, -0.05) is 192 Å². The number of alkyl halides is 1. The average molecular weight is 1480 g/mol. The molecular formula is C78H89IN6Ni2O8+2. The number of carboxylic acid groups (broad SMARTS) is 3. The molecule has 8 rings (SSSR count). The van der Waals surface area contributed by atoms with Gasteiger partial charge in [0.25, 0.3) is 0 Å². The fourth-order valence-corrected chi connectivity index (χ4v) is 10.8. The SMILES string of the molecule is CC#CCCCC(C)(C)C(=O)O.CC#CCCCI.CC#CCCC[C@@](C)(N=C(c1ccccc1)c1ccccc1[N-]C(=O)C1CCCN1Cc1ccccc1)C(=O)O.C[C@@H](N=C(c1ccccc1)c1ccccc1[N-]C(=O)C1CCCN1Cc1ccccc1)C(=O)O.[Ni+2].[Ni+2]. The normalized spacial score (nSPS) is 15.2. The summed E-state index contributed by atoms with van der Waals surface area (Å²) in [4.78, 5) is 75.3. The molecule has 6 aromatic rings. The van der Waals surface area contributed by atoms with Gasteiger partial charge in [-0.3, -0.25) is 24.6 Å². The summed E-state index contributed by atoms with van der Waals surface area (Å²) in [5.41, 5.74) is 5.20. The first-order valence-corrected chi connectivity index (χ1v) is 33.4. The van der Waals surface area contributed by atoms with E-state index in [9.17, 15) is 34.2 Å². The van der Waals surface area contributed by atoms with E-state index in [1.54, 1.807) is 46.8 Å². The third kappa shape index (κ3) is 27.5.